The number of nitrogens with zero attached hydrogens (tertiary/aromatic N) is 8. The maximum Gasteiger partial charge on any atom is 0.350 e. The smallest absolute Gasteiger partial charge is 0.350 e. The van der Waals surface area contributed by atoms with Crippen LogP contribution in [0.15, 0.2) is 72.0 Å². The van der Waals surface area contributed by atoms with Crippen LogP contribution in [0.2, 0.25) is 0 Å². The number of piperazine rings is 1. The zero-order chi connectivity index (χ0) is 28.9. The van der Waals surface area contributed by atoms with Gasteiger partial charge in [0.05, 0.1) is 50.0 Å². The molecule has 2 aromatic carbocycles. The average Bonchev–Trinajstić information content (AvgIpc) is 3.80. The highest BCUT2D eigenvalue weighted by Gasteiger charge is 2.27. The molecular formula is C31H40N8O3. The number of aromatic nitrogens is 6. The minimum absolute atomic E-state index is 0.0816. The Labute approximate surface area is 246 Å². The van der Waals surface area contributed by atoms with Crippen LogP contribution in [0.25, 0.3) is 5.69 Å². The molecule has 4 aromatic rings. The van der Waals surface area contributed by atoms with Gasteiger partial charge < -0.3 is 19.3 Å². The topological polar surface area (TPSA) is 95.5 Å². The maximum atomic E-state index is 12.9. The van der Waals surface area contributed by atoms with Crippen LogP contribution in [0, 0.1) is 5.92 Å². The normalized spacial score (nSPS) is 19.1. The van der Waals surface area contributed by atoms with Crippen molar-refractivity contribution >= 4 is 11.4 Å². The summed E-state index contributed by atoms with van der Waals surface area (Å²) in [5, 5.41) is 12.7. The predicted octanol–water partition coefficient (Wildman–Crippen LogP) is 3.80. The van der Waals surface area contributed by atoms with Crippen LogP contribution in [-0.2, 0) is 11.3 Å². The lowest BCUT2D eigenvalue weighted by atomic mass is 10.1. The first kappa shape index (κ1) is 28.0. The Bertz CT molecular complexity index is 1450. The van der Waals surface area contributed by atoms with Crippen LogP contribution in [-0.4, -0.2) is 74.8 Å². The molecule has 0 amide bonds. The van der Waals surface area contributed by atoms with E-state index in [9.17, 15) is 4.79 Å². The first-order chi connectivity index (χ1) is 20.6. The van der Waals surface area contributed by atoms with Crippen molar-refractivity contribution in [1.29, 1.82) is 0 Å². The van der Waals surface area contributed by atoms with Gasteiger partial charge in [-0.05, 0) is 67.8 Å². The fourth-order valence-electron chi connectivity index (χ4n) is 5.94. The molecule has 2 atom stereocenters. The molecular weight excluding hydrogens is 532 g/mol. The number of hydrogen-bond donors (Lipinski definition) is 0. The molecule has 0 bridgehead atoms. The summed E-state index contributed by atoms with van der Waals surface area (Å²) in [6.45, 7) is 9.96. The lowest BCUT2D eigenvalue weighted by molar-refractivity contribution is 0.0844. The van der Waals surface area contributed by atoms with Crippen molar-refractivity contribution in [1.82, 2.24) is 29.3 Å². The third kappa shape index (κ3) is 6.20. The van der Waals surface area contributed by atoms with Gasteiger partial charge in [0, 0.05) is 43.5 Å². The molecule has 2 aromatic heterocycles. The Morgan fingerprint density at radius 3 is 2.07 bits per heavy atom. The van der Waals surface area contributed by atoms with E-state index >= 15 is 0 Å². The summed E-state index contributed by atoms with van der Waals surface area (Å²) >= 11 is 0. The Hall–Kier alpha value is -4.12. The molecule has 2 fully saturated rings. The van der Waals surface area contributed by atoms with Crippen LogP contribution in [0.5, 0.6) is 5.75 Å². The third-order valence-electron chi connectivity index (χ3n) is 8.44. The van der Waals surface area contributed by atoms with Crippen molar-refractivity contribution in [2.45, 2.75) is 51.8 Å². The molecule has 0 radical (unpaired) electrons. The van der Waals surface area contributed by atoms with Gasteiger partial charge in [0.2, 0.25) is 0 Å². The van der Waals surface area contributed by atoms with Gasteiger partial charge in [-0.1, -0.05) is 13.8 Å². The van der Waals surface area contributed by atoms with Crippen LogP contribution < -0.4 is 20.2 Å². The van der Waals surface area contributed by atoms with Crippen LogP contribution >= 0.6 is 0 Å². The summed E-state index contributed by atoms with van der Waals surface area (Å²) < 4.78 is 15.2. The Morgan fingerprint density at radius 2 is 1.45 bits per heavy atom. The maximum absolute atomic E-state index is 12.9. The molecule has 11 nitrogen and oxygen atoms in total. The first-order valence-electron chi connectivity index (χ1n) is 15.1. The molecule has 2 saturated heterocycles. The zero-order valence-electron chi connectivity index (χ0n) is 24.5. The standard InChI is InChI=1S/C31H40N8O3/c1-3-25(4-2)39-31(40)37(23-34-39)28-7-5-26(6-8-28)35-15-17-36(18-16-35)27-9-11-29(12-10-27)41-21-24-19-30(42-22-24)20-38-32-13-14-33-38/h5-14,23-25,30H,3-4,15-22H2,1-2H3. The molecule has 11 heteroatoms. The molecule has 6 rings (SSSR count). The molecule has 2 aliphatic heterocycles. The summed E-state index contributed by atoms with van der Waals surface area (Å²) in [6, 6.07) is 16.8. The number of rotatable bonds is 11. The molecule has 2 unspecified atom stereocenters. The van der Waals surface area contributed by atoms with Crippen molar-refractivity contribution in [3.63, 3.8) is 0 Å². The summed E-state index contributed by atoms with van der Waals surface area (Å²) in [5.41, 5.74) is 3.14. The Morgan fingerprint density at radius 1 is 0.857 bits per heavy atom. The minimum atomic E-state index is -0.0816. The Kier molecular flexibility index (Phi) is 8.55. The SMILES string of the molecule is CCC(CC)n1ncn(-c2ccc(N3CCN(c4ccc(OCC5COC(Cn6nccn6)C5)cc4)CC3)cc2)c1=O. The summed E-state index contributed by atoms with van der Waals surface area (Å²) in [6.07, 6.45) is 7.88. The number of benzene rings is 2. The number of hydrogen-bond acceptors (Lipinski definition) is 8. The fourth-order valence-corrected chi connectivity index (χ4v) is 5.94. The fraction of sp³-hybridized carbons (Fsp3) is 0.484. The van der Waals surface area contributed by atoms with Gasteiger partial charge in [-0.2, -0.15) is 20.1 Å². The first-order valence-corrected chi connectivity index (χ1v) is 15.1. The number of ether oxygens (including phenoxy) is 2. The highest BCUT2D eigenvalue weighted by atomic mass is 16.5. The van der Waals surface area contributed by atoms with Gasteiger partial charge in [-0.25, -0.2) is 14.0 Å². The van der Waals surface area contributed by atoms with Crippen molar-refractivity contribution in [3.8, 4) is 11.4 Å². The van der Waals surface area contributed by atoms with E-state index < -0.39 is 0 Å². The summed E-state index contributed by atoms with van der Waals surface area (Å²) in [5.74, 6) is 1.26. The quantitative estimate of drug-likeness (QED) is 0.268. The highest BCUT2D eigenvalue weighted by Crippen LogP contribution is 2.26. The average molecular weight is 573 g/mol. The van der Waals surface area contributed by atoms with E-state index in [2.05, 4.69) is 75.3 Å². The van der Waals surface area contributed by atoms with Crippen LogP contribution in [0.1, 0.15) is 39.2 Å². The van der Waals surface area contributed by atoms with Crippen LogP contribution in [0.4, 0.5) is 11.4 Å². The van der Waals surface area contributed by atoms with Crippen molar-refractivity contribution in [2.75, 3.05) is 49.2 Å². The second-order valence-electron chi connectivity index (χ2n) is 11.1. The van der Waals surface area contributed by atoms with Gasteiger partial charge in [-0.15, -0.1) is 0 Å². The molecule has 222 valence electrons. The zero-order valence-corrected chi connectivity index (χ0v) is 24.5. The van der Waals surface area contributed by atoms with E-state index in [1.165, 1.54) is 11.4 Å². The van der Waals surface area contributed by atoms with Gasteiger partial charge >= 0.3 is 5.69 Å². The van der Waals surface area contributed by atoms with Crippen molar-refractivity contribution in [3.05, 3.63) is 77.7 Å². The highest BCUT2D eigenvalue weighted by molar-refractivity contribution is 5.54. The third-order valence-corrected chi connectivity index (χ3v) is 8.44. The summed E-state index contributed by atoms with van der Waals surface area (Å²) in [7, 11) is 0. The van der Waals surface area contributed by atoms with E-state index in [1.807, 2.05) is 12.1 Å². The van der Waals surface area contributed by atoms with E-state index in [-0.39, 0.29) is 17.8 Å². The van der Waals surface area contributed by atoms with Crippen LogP contribution in [0.3, 0.4) is 0 Å². The van der Waals surface area contributed by atoms with E-state index in [0.29, 0.717) is 25.7 Å². The van der Waals surface area contributed by atoms with Gasteiger partial charge in [0.15, 0.2) is 0 Å². The van der Waals surface area contributed by atoms with Gasteiger partial charge in [0.25, 0.3) is 0 Å². The number of anilines is 2. The van der Waals surface area contributed by atoms with E-state index in [4.69, 9.17) is 9.47 Å². The van der Waals surface area contributed by atoms with E-state index in [1.54, 1.807) is 32.8 Å². The molecule has 2 aliphatic rings. The molecule has 0 spiro atoms. The second kappa shape index (κ2) is 12.8. The van der Waals surface area contributed by atoms with Crippen molar-refractivity contribution in [2.24, 2.45) is 5.92 Å². The minimum Gasteiger partial charge on any atom is -0.493 e. The van der Waals surface area contributed by atoms with Crippen molar-refractivity contribution < 1.29 is 9.47 Å². The predicted molar refractivity (Wildman–Crippen MR) is 162 cm³/mol. The summed E-state index contributed by atoms with van der Waals surface area (Å²) in [4.78, 5) is 19.4. The van der Waals surface area contributed by atoms with Gasteiger partial charge in [-0.3, -0.25) is 0 Å². The molecule has 0 aliphatic carbocycles. The van der Waals surface area contributed by atoms with E-state index in [0.717, 1.165) is 56.9 Å². The lowest BCUT2D eigenvalue weighted by Gasteiger charge is -2.37. The molecule has 42 heavy (non-hydrogen) atoms. The lowest BCUT2D eigenvalue weighted by Crippen LogP contribution is -2.46. The molecule has 4 heterocycles. The molecule has 0 saturated carbocycles. The Balaban J connectivity index is 0.972. The largest absolute Gasteiger partial charge is 0.493 e. The second-order valence-corrected chi connectivity index (χ2v) is 11.1. The monoisotopic (exact) mass is 572 g/mol. The molecule has 0 N–H and O–H groups in total. The van der Waals surface area contributed by atoms with Gasteiger partial charge in [0.1, 0.15) is 12.1 Å².